The molecule has 0 saturated carbocycles. The maximum absolute atomic E-state index is 12.4. The zero-order valence-electron chi connectivity index (χ0n) is 27.7. The lowest BCUT2D eigenvalue weighted by molar-refractivity contribution is 0.607. The molecule has 252 valence electrons. The van der Waals surface area contributed by atoms with Crippen molar-refractivity contribution in [2.75, 3.05) is 16.7 Å². The Balaban J connectivity index is 0.000000190. The summed E-state index contributed by atoms with van der Waals surface area (Å²) in [6.45, 7) is 4.14. The second kappa shape index (κ2) is 14.2. The topological polar surface area (TPSA) is 199 Å². The zero-order chi connectivity index (χ0) is 34.6. The number of nitrogen functional groups attached to an aromatic ring is 1. The summed E-state index contributed by atoms with van der Waals surface area (Å²) >= 11 is 0. The fourth-order valence-electron chi connectivity index (χ4n) is 5.49. The maximum Gasteiger partial charge on any atom is 0.277 e. The van der Waals surface area contributed by atoms with Gasteiger partial charge >= 0.3 is 0 Å². The zero-order valence-corrected chi connectivity index (χ0v) is 28.5. The molecule has 14 nitrogen and oxygen atoms in total. The number of hydrogen-bond acceptors (Lipinski definition) is 9. The Kier molecular flexibility index (Phi) is 10.1. The first kappa shape index (κ1) is 34.0. The average Bonchev–Trinajstić information content (AvgIpc) is 3.50. The predicted octanol–water partition coefficient (Wildman–Crippen LogP) is 3.35. The van der Waals surface area contributed by atoms with E-state index in [0.29, 0.717) is 52.2 Å². The molecule has 4 aromatic heterocycles. The van der Waals surface area contributed by atoms with E-state index in [1.165, 1.54) is 0 Å². The van der Waals surface area contributed by atoms with Crippen LogP contribution in [0, 0.1) is 0 Å². The molecular weight excluding hydrogens is 632 g/mol. The molecule has 0 bridgehead atoms. The molecule has 5 N–H and O–H groups in total. The van der Waals surface area contributed by atoms with E-state index < -0.39 is 10.0 Å². The molecule has 0 aliphatic heterocycles. The molecule has 0 aliphatic rings. The summed E-state index contributed by atoms with van der Waals surface area (Å²) in [5.41, 5.74) is 12.6. The highest BCUT2D eigenvalue weighted by molar-refractivity contribution is 7.92. The normalized spacial score (nSPS) is 11.5. The summed E-state index contributed by atoms with van der Waals surface area (Å²) in [6, 6.07) is 14.5. The van der Waals surface area contributed by atoms with Gasteiger partial charge in [0.15, 0.2) is 11.0 Å². The highest BCUT2D eigenvalue weighted by Crippen LogP contribution is 2.18. The van der Waals surface area contributed by atoms with Crippen molar-refractivity contribution in [1.29, 1.82) is 0 Å². The van der Waals surface area contributed by atoms with Gasteiger partial charge in [0.2, 0.25) is 10.0 Å². The van der Waals surface area contributed by atoms with E-state index in [1.807, 2.05) is 24.3 Å². The van der Waals surface area contributed by atoms with Crippen molar-refractivity contribution in [1.82, 2.24) is 39.5 Å². The first-order valence-corrected chi connectivity index (χ1v) is 17.5. The van der Waals surface area contributed by atoms with Gasteiger partial charge < -0.3 is 15.7 Å². The van der Waals surface area contributed by atoms with Crippen LogP contribution in [-0.4, -0.2) is 54.2 Å². The monoisotopic (exact) mass is 672 g/mol. The van der Waals surface area contributed by atoms with E-state index in [-0.39, 0.29) is 11.1 Å². The lowest BCUT2D eigenvalue weighted by atomic mass is 10.1. The van der Waals surface area contributed by atoms with Gasteiger partial charge in [-0.15, -0.1) is 0 Å². The van der Waals surface area contributed by atoms with E-state index in [0.717, 1.165) is 60.1 Å². The van der Waals surface area contributed by atoms with Crippen LogP contribution in [0.5, 0.6) is 0 Å². The van der Waals surface area contributed by atoms with Crippen molar-refractivity contribution in [3.63, 3.8) is 0 Å². The number of nitrogens with two attached hydrogens (primary N) is 1. The highest BCUT2D eigenvalue weighted by atomic mass is 32.2. The number of nitrogens with one attached hydrogen (secondary N) is 3. The van der Waals surface area contributed by atoms with Crippen LogP contribution in [0.3, 0.4) is 0 Å². The Morgan fingerprint density at radius 3 is 1.54 bits per heavy atom. The summed E-state index contributed by atoms with van der Waals surface area (Å²) in [4.78, 5) is 39.6. The van der Waals surface area contributed by atoms with Gasteiger partial charge in [0.1, 0.15) is 22.7 Å². The van der Waals surface area contributed by atoms with Gasteiger partial charge in [-0.2, -0.15) is 10.2 Å². The maximum atomic E-state index is 12.4. The molecule has 6 rings (SSSR count). The molecule has 0 amide bonds. The lowest BCUT2D eigenvalue weighted by Gasteiger charge is -2.06. The summed E-state index contributed by atoms with van der Waals surface area (Å²) in [5.74, 6) is 1.20. The van der Waals surface area contributed by atoms with Crippen LogP contribution in [-0.2, 0) is 49.8 Å². The van der Waals surface area contributed by atoms with Gasteiger partial charge in [0.05, 0.1) is 17.6 Å². The Labute approximate surface area is 277 Å². The largest absolute Gasteiger partial charge is 0.399 e. The van der Waals surface area contributed by atoms with Crippen molar-refractivity contribution in [3.05, 3.63) is 103 Å². The van der Waals surface area contributed by atoms with Gasteiger partial charge in [-0.3, -0.25) is 23.7 Å². The number of nitrogens with zero attached hydrogens (tertiary/aromatic N) is 6. The number of H-pyrrole nitrogens is 2. The van der Waals surface area contributed by atoms with Gasteiger partial charge in [-0.05, 0) is 48.2 Å². The van der Waals surface area contributed by atoms with Gasteiger partial charge in [0.25, 0.3) is 11.1 Å². The molecule has 2 aromatic carbocycles. The lowest BCUT2D eigenvalue weighted by Crippen LogP contribution is -2.14. The van der Waals surface area contributed by atoms with Crippen LogP contribution < -0.4 is 21.6 Å². The molecule has 0 unspecified atom stereocenters. The van der Waals surface area contributed by atoms with Crippen molar-refractivity contribution in [2.24, 2.45) is 14.1 Å². The fourth-order valence-corrected chi connectivity index (χ4v) is 6.06. The Morgan fingerprint density at radius 1 is 0.729 bits per heavy atom. The van der Waals surface area contributed by atoms with E-state index >= 15 is 0 Å². The smallest absolute Gasteiger partial charge is 0.277 e. The fraction of sp³-hybridized carbons (Fsp3) is 0.333. The average molecular weight is 673 g/mol. The number of benzene rings is 2. The number of sulfonamides is 1. The number of rotatable bonds is 10. The van der Waals surface area contributed by atoms with Crippen LogP contribution in [0.4, 0.5) is 11.4 Å². The van der Waals surface area contributed by atoms with E-state index in [1.54, 1.807) is 47.7 Å². The third kappa shape index (κ3) is 7.97. The van der Waals surface area contributed by atoms with Gasteiger partial charge in [0, 0.05) is 38.3 Å². The van der Waals surface area contributed by atoms with Gasteiger partial charge in [-0.1, -0.05) is 51.0 Å². The third-order valence-corrected chi connectivity index (χ3v) is 8.18. The minimum absolute atomic E-state index is 0.146. The van der Waals surface area contributed by atoms with E-state index in [9.17, 15) is 18.0 Å². The predicted molar refractivity (Wildman–Crippen MR) is 188 cm³/mol. The summed E-state index contributed by atoms with van der Waals surface area (Å²) < 4.78 is 28.1. The summed E-state index contributed by atoms with van der Waals surface area (Å²) in [5, 5.41) is 8.82. The number of fused-ring (bicyclic) bond motifs is 2. The van der Waals surface area contributed by atoms with E-state index in [2.05, 4.69) is 48.7 Å². The molecule has 48 heavy (non-hydrogen) atoms. The Bertz CT molecular complexity index is 2280. The van der Waals surface area contributed by atoms with Gasteiger partial charge in [-0.25, -0.2) is 18.4 Å². The van der Waals surface area contributed by atoms with Crippen LogP contribution in [0.25, 0.3) is 22.1 Å². The number of aromatic amines is 2. The number of aryl methyl sites for hydroxylation is 4. The van der Waals surface area contributed by atoms with Crippen molar-refractivity contribution in [3.8, 4) is 0 Å². The molecule has 0 atom stereocenters. The summed E-state index contributed by atoms with van der Waals surface area (Å²) in [7, 11) is 0.212. The number of aromatic nitrogens is 8. The Hall–Kier alpha value is -5.31. The molecule has 0 fully saturated rings. The minimum Gasteiger partial charge on any atom is -0.399 e. The standard InChI is InChI=1S/C17H21N5O3S.C16H19N5O/c1-4-5-13-15-16(22(2)20-13)17(23)19-14(18-15)10-11-6-8-12(9-7-11)21-26(3,24)25;1-3-4-12-14-15(21(2)20-12)16(22)19-13(18-14)9-10-5-7-11(17)8-6-10/h6-9,21H,4-5,10H2,1-3H3,(H,18,19,23);5-8H,3-4,9,17H2,1-2H3,(H,18,19,22). The second-order valence-corrected chi connectivity index (χ2v) is 13.5. The van der Waals surface area contributed by atoms with Crippen molar-refractivity contribution >= 4 is 43.5 Å². The Morgan fingerprint density at radius 2 is 1.15 bits per heavy atom. The quantitative estimate of drug-likeness (QED) is 0.158. The molecule has 0 radical (unpaired) electrons. The SMILES string of the molecule is CCCc1nn(C)c2c(=O)[nH]c(Cc3ccc(N)cc3)nc12.CCCc1nn(C)c2c(=O)[nH]c(Cc3ccc(NS(C)(=O)=O)cc3)nc12. The molecule has 0 spiro atoms. The number of hydrogen-bond donors (Lipinski definition) is 4. The third-order valence-electron chi connectivity index (χ3n) is 7.58. The summed E-state index contributed by atoms with van der Waals surface area (Å²) in [6.07, 6.45) is 5.57. The molecule has 0 saturated heterocycles. The van der Waals surface area contributed by atoms with Crippen LogP contribution >= 0.6 is 0 Å². The molecular formula is C33H40N10O4S. The first-order valence-electron chi connectivity index (χ1n) is 15.7. The van der Waals surface area contributed by atoms with E-state index in [4.69, 9.17) is 5.73 Å². The molecule has 4 heterocycles. The first-order chi connectivity index (χ1) is 22.8. The number of anilines is 2. The molecule has 6 aromatic rings. The van der Waals surface area contributed by atoms with Crippen molar-refractivity contribution in [2.45, 2.75) is 52.4 Å². The van der Waals surface area contributed by atoms with Crippen LogP contribution in [0.1, 0.15) is 60.9 Å². The van der Waals surface area contributed by atoms with Crippen LogP contribution in [0.15, 0.2) is 58.1 Å². The van der Waals surface area contributed by atoms with Crippen LogP contribution in [0.2, 0.25) is 0 Å². The minimum atomic E-state index is -3.31. The molecule has 15 heteroatoms. The second-order valence-electron chi connectivity index (χ2n) is 11.7. The molecule has 0 aliphatic carbocycles. The van der Waals surface area contributed by atoms with Crippen molar-refractivity contribution < 1.29 is 8.42 Å². The highest BCUT2D eigenvalue weighted by Gasteiger charge is 2.16.